The quantitative estimate of drug-likeness (QED) is 0.698. The van der Waals surface area contributed by atoms with Gasteiger partial charge in [0, 0.05) is 18.5 Å². The van der Waals surface area contributed by atoms with Crippen LogP contribution in [0.1, 0.15) is 10.4 Å². The van der Waals surface area contributed by atoms with Crippen molar-refractivity contribution in [2.24, 2.45) is 0 Å². The Balaban J connectivity index is 2.67. The van der Waals surface area contributed by atoms with Crippen molar-refractivity contribution in [2.45, 2.75) is 0 Å². The average Bonchev–Trinajstić information content (AvgIpc) is 2.42. The number of fused-ring (bicyclic) bond motifs is 1. The molecule has 0 aliphatic carbocycles. The summed E-state index contributed by atoms with van der Waals surface area (Å²) in [7, 11) is 0. The highest BCUT2D eigenvalue weighted by Gasteiger charge is 2.06. The Morgan fingerprint density at radius 2 is 2.38 bits per heavy atom. The molecule has 6 heteroatoms. The van der Waals surface area contributed by atoms with E-state index in [2.05, 4.69) is 10.1 Å². The lowest BCUT2D eigenvalue weighted by atomic mass is 10.3. The standard InChI is InChI=1S/C7H4FN3O2/c8-5-1-6-9-2-4(7(12)13)3-11(6)10-5/h1-3H,(H,12,13). The van der Waals surface area contributed by atoms with Gasteiger partial charge in [0.25, 0.3) is 0 Å². The number of nitrogens with zero attached hydrogens (tertiary/aromatic N) is 3. The minimum atomic E-state index is -1.12. The van der Waals surface area contributed by atoms with Gasteiger partial charge >= 0.3 is 5.97 Å². The third-order valence-electron chi connectivity index (χ3n) is 1.53. The number of carboxylic acid groups (broad SMARTS) is 1. The fourth-order valence-corrected chi connectivity index (χ4v) is 0.958. The molecule has 0 bridgehead atoms. The monoisotopic (exact) mass is 181 g/mol. The topological polar surface area (TPSA) is 67.5 Å². The second-order valence-electron chi connectivity index (χ2n) is 2.42. The lowest BCUT2D eigenvalue weighted by molar-refractivity contribution is 0.0695. The first-order valence-electron chi connectivity index (χ1n) is 3.41. The second-order valence-corrected chi connectivity index (χ2v) is 2.42. The molecule has 0 aliphatic rings. The van der Waals surface area contributed by atoms with Gasteiger partial charge < -0.3 is 5.11 Å². The third-order valence-corrected chi connectivity index (χ3v) is 1.53. The van der Waals surface area contributed by atoms with Gasteiger partial charge in [-0.1, -0.05) is 0 Å². The molecule has 0 spiro atoms. The van der Waals surface area contributed by atoms with Crippen molar-refractivity contribution in [1.82, 2.24) is 14.6 Å². The Morgan fingerprint density at radius 1 is 1.62 bits per heavy atom. The smallest absolute Gasteiger partial charge is 0.338 e. The number of hydrogen-bond donors (Lipinski definition) is 1. The summed E-state index contributed by atoms with van der Waals surface area (Å²) in [5.74, 6) is -1.81. The molecule has 2 aromatic rings. The normalized spacial score (nSPS) is 10.5. The summed E-state index contributed by atoms with van der Waals surface area (Å²) in [6.45, 7) is 0. The van der Waals surface area contributed by atoms with Crippen LogP contribution in [0.2, 0.25) is 0 Å². The number of halogens is 1. The van der Waals surface area contributed by atoms with Crippen molar-refractivity contribution in [3.63, 3.8) is 0 Å². The van der Waals surface area contributed by atoms with Crippen LogP contribution >= 0.6 is 0 Å². The summed E-state index contributed by atoms with van der Waals surface area (Å²) in [4.78, 5) is 14.2. The SMILES string of the molecule is O=C(O)c1cnc2cc(F)nn2c1. The average molecular weight is 181 g/mol. The zero-order chi connectivity index (χ0) is 9.42. The number of carboxylic acids is 1. The third kappa shape index (κ3) is 1.22. The van der Waals surface area contributed by atoms with Crippen LogP contribution in [0.3, 0.4) is 0 Å². The van der Waals surface area contributed by atoms with Crippen LogP contribution in [0, 0.1) is 5.95 Å². The molecule has 0 aliphatic heterocycles. The van der Waals surface area contributed by atoms with Crippen molar-refractivity contribution in [3.05, 3.63) is 30.0 Å². The van der Waals surface area contributed by atoms with Gasteiger partial charge in [0.1, 0.15) is 0 Å². The molecule has 0 saturated carbocycles. The predicted octanol–water partition coefficient (Wildman–Crippen LogP) is 0.567. The minimum Gasteiger partial charge on any atom is -0.478 e. The van der Waals surface area contributed by atoms with Crippen LogP contribution in [0.25, 0.3) is 5.65 Å². The van der Waals surface area contributed by atoms with Crippen LogP contribution in [-0.2, 0) is 0 Å². The molecular weight excluding hydrogens is 177 g/mol. The van der Waals surface area contributed by atoms with E-state index in [-0.39, 0.29) is 11.2 Å². The predicted molar refractivity (Wildman–Crippen MR) is 39.9 cm³/mol. The van der Waals surface area contributed by atoms with Crippen LogP contribution in [0.5, 0.6) is 0 Å². The van der Waals surface area contributed by atoms with E-state index >= 15 is 0 Å². The molecular formula is C7H4FN3O2. The zero-order valence-electron chi connectivity index (χ0n) is 6.31. The van der Waals surface area contributed by atoms with Gasteiger partial charge in [0.05, 0.1) is 5.56 Å². The second kappa shape index (κ2) is 2.51. The van der Waals surface area contributed by atoms with E-state index in [1.807, 2.05) is 0 Å². The molecule has 2 rings (SSSR count). The van der Waals surface area contributed by atoms with Crippen molar-refractivity contribution < 1.29 is 14.3 Å². The highest BCUT2D eigenvalue weighted by Crippen LogP contribution is 2.03. The molecule has 0 amide bonds. The maximum absolute atomic E-state index is 12.5. The summed E-state index contributed by atoms with van der Waals surface area (Å²) in [6.07, 6.45) is 2.35. The summed E-state index contributed by atoms with van der Waals surface area (Å²) in [5, 5.41) is 12.0. The van der Waals surface area contributed by atoms with Crippen LogP contribution in [0.15, 0.2) is 18.5 Å². The Labute approximate surface area is 71.4 Å². The highest BCUT2D eigenvalue weighted by atomic mass is 19.1. The first-order chi connectivity index (χ1) is 6.16. The van der Waals surface area contributed by atoms with Gasteiger partial charge in [-0.25, -0.2) is 14.3 Å². The van der Waals surface area contributed by atoms with E-state index in [1.54, 1.807) is 0 Å². The van der Waals surface area contributed by atoms with Gasteiger partial charge in [0.2, 0.25) is 5.95 Å². The zero-order valence-corrected chi connectivity index (χ0v) is 6.31. The van der Waals surface area contributed by atoms with E-state index in [9.17, 15) is 9.18 Å². The summed E-state index contributed by atoms with van der Waals surface area (Å²) < 4.78 is 13.6. The van der Waals surface area contributed by atoms with Crippen LogP contribution < -0.4 is 0 Å². The van der Waals surface area contributed by atoms with E-state index in [0.29, 0.717) is 0 Å². The van der Waals surface area contributed by atoms with E-state index in [0.717, 1.165) is 16.8 Å². The molecule has 2 heterocycles. The lowest BCUT2D eigenvalue weighted by Gasteiger charge is -1.93. The lowest BCUT2D eigenvalue weighted by Crippen LogP contribution is -2.00. The van der Waals surface area contributed by atoms with Gasteiger partial charge in [-0.3, -0.25) is 0 Å². The van der Waals surface area contributed by atoms with E-state index < -0.39 is 11.9 Å². The minimum absolute atomic E-state index is 0.0319. The van der Waals surface area contributed by atoms with Crippen LogP contribution in [0.4, 0.5) is 4.39 Å². The van der Waals surface area contributed by atoms with Gasteiger partial charge in [0.15, 0.2) is 5.65 Å². The molecule has 0 fully saturated rings. The molecule has 2 aromatic heterocycles. The Bertz CT molecular complexity index is 480. The molecule has 13 heavy (non-hydrogen) atoms. The number of aromatic carboxylic acids is 1. The van der Waals surface area contributed by atoms with Crippen LogP contribution in [-0.4, -0.2) is 25.7 Å². The van der Waals surface area contributed by atoms with Crippen molar-refractivity contribution >= 4 is 11.6 Å². The maximum atomic E-state index is 12.5. The van der Waals surface area contributed by atoms with Gasteiger partial charge in [-0.15, -0.1) is 5.10 Å². The summed E-state index contributed by atoms with van der Waals surface area (Å²) in [6, 6.07) is 1.12. The fourth-order valence-electron chi connectivity index (χ4n) is 0.958. The molecule has 0 unspecified atom stereocenters. The fraction of sp³-hybridized carbons (Fsp3) is 0. The number of aromatic nitrogens is 3. The first kappa shape index (κ1) is 7.66. The summed E-state index contributed by atoms with van der Waals surface area (Å²) >= 11 is 0. The molecule has 66 valence electrons. The molecule has 0 atom stereocenters. The Morgan fingerprint density at radius 3 is 3.08 bits per heavy atom. The van der Waals surface area contributed by atoms with E-state index in [4.69, 9.17) is 5.11 Å². The molecule has 0 aromatic carbocycles. The molecule has 0 radical (unpaired) electrons. The number of hydrogen-bond acceptors (Lipinski definition) is 3. The number of rotatable bonds is 1. The largest absolute Gasteiger partial charge is 0.478 e. The Hall–Kier alpha value is -1.98. The van der Waals surface area contributed by atoms with E-state index in [1.165, 1.54) is 6.20 Å². The molecule has 0 saturated heterocycles. The summed E-state index contributed by atoms with van der Waals surface area (Å²) in [5.41, 5.74) is 0.248. The van der Waals surface area contributed by atoms with Crippen molar-refractivity contribution in [3.8, 4) is 0 Å². The van der Waals surface area contributed by atoms with Crippen molar-refractivity contribution in [2.75, 3.05) is 0 Å². The highest BCUT2D eigenvalue weighted by molar-refractivity contribution is 5.86. The van der Waals surface area contributed by atoms with Crippen molar-refractivity contribution in [1.29, 1.82) is 0 Å². The maximum Gasteiger partial charge on any atom is 0.338 e. The number of carbonyl (C=O) groups is 1. The van der Waals surface area contributed by atoms with Gasteiger partial charge in [-0.05, 0) is 0 Å². The molecule has 5 nitrogen and oxygen atoms in total. The Kier molecular flexibility index (Phi) is 1.48. The first-order valence-corrected chi connectivity index (χ1v) is 3.41. The van der Waals surface area contributed by atoms with Gasteiger partial charge in [-0.2, -0.15) is 4.39 Å². The molecule has 1 N–H and O–H groups in total.